The number of nitrogen functional groups attached to an aromatic ring is 1. The van der Waals surface area contributed by atoms with Crippen LogP contribution in [0.1, 0.15) is 6.42 Å². The van der Waals surface area contributed by atoms with Gasteiger partial charge in [0.05, 0.1) is 0 Å². The highest BCUT2D eigenvalue weighted by molar-refractivity contribution is 9.09. The molecule has 0 aromatic carbocycles. The summed E-state index contributed by atoms with van der Waals surface area (Å²) in [7, 11) is 0. The number of alkyl halides is 1. The Morgan fingerprint density at radius 2 is 2.33 bits per heavy atom. The highest BCUT2D eigenvalue weighted by Gasteiger charge is 2.30. The maximum Gasteiger partial charge on any atom is 0.254 e. The minimum atomic E-state index is -0.358. The number of hydrogen-bond acceptors (Lipinski definition) is 4. The van der Waals surface area contributed by atoms with Gasteiger partial charge in [0.25, 0.3) is 5.56 Å². The summed E-state index contributed by atoms with van der Waals surface area (Å²) in [5, 5.41) is 0. The van der Waals surface area contributed by atoms with Crippen LogP contribution in [0, 0.1) is 0 Å². The van der Waals surface area contributed by atoms with Gasteiger partial charge in [-0.2, -0.15) is 4.98 Å². The standard InChI is InChI=1S/C8H9BrN4O2/c9-4-1-7(15)13(3-4)8-11-5(10)2-6(14)12-8/h2,4H,1,3H2,(H3,10,11,12,14). The number of carbonyl (C=O) groups excluding carboxylic acids is 1. The second-order valence-corrected chi connectivity index (χ2v) is 4.59. The topological polar surface area (TPSA) is 92.1 Å². The molecule has 1 fully saturated rings. The Kier molecular flexibility index (Phi) is 2.47. The molecule has 0 aliphatic carbocycles. The summed E-state index contributed by atoms with van der Waals surface area (Å²) < 4.78 is 0. The third kappa shape index (κ3) is 2.01. The van der Waals surface area contributed by atoms with Crippen LogP contribution in [0.5, 0.6) is 0 Å². The lowest BCUT2D eigenvalue weighted by Crippen LogP contribution is -2.29. The molecule has 2 heterocycles. The molecule has 1 aliphatic heterocycles. The number of nitrogens with two attached hydrogens (primary N) is 1. The van der Waals surface area contributed by atoms with Crippen molar-refractivity contribution in [3.05, 3.63) is 16.4 Å². The van der Waals surface area contributed by atoms with E-state index in [2.05, 4.69) is 25.9 Å². The number of aromatic nitrogens is 2. The molecule has 1 unspecified atom stereocenters. The van der Waals surface area contributed by atoms with Gasteiger partial charge in [0.2, 0.25) is 11.9 Å². The molecule has 0 spiro atoms. The van der Waals surface area contributed by atoms with Crippen molar-refractivity contribution in [3.8, 4) is 0 Å². The first-order valence-electron chi connectivity index (χ1n) is 4.37. The fourth-order valence-electron chi connectivity index (χ4n) is 1.46. The zero-order valence-corrected chi connectivity index (χ0v) is 9.32. The second-order valence-electron chi connectivity index (χ2n) is 3.30. The van der Waals surface area contributed by atoms with Gasteiger partial charge in [-0.15, -0.1) is 0 Å². The van der Waals surface area contributed by atoms with Crippen molar-refractivity contribution in [2.45, 2.75) is 11.2 Å². The zero-order chi connectivity index (χ0) is 11.0. The van der Waals surface area contributed by atoms with Gasteiger partial charge in [-0.25, -0.2) is 0 Å². The molecule has 2 rings (SSSR count). The van der Waals surface area contributed by atoms with Crippen molar-refractivity contribution in [1.82, 2.24) is 9.97 Å². The molecule has 3 N–H and O–H groups in total. The van der Waals surface area contributed by atoms with Crippen molar-refractivity contribution in [1.29, 1.82) is 0 Å². The van der Waals surface area contributed by atoms with Crippen LogP contribution in [0.4, 0.5) is 11.8 Å². The molecule has 0 bridgehead atoms. The van der Waals surface area contributed by atoms with Crippen LogP contribution in [-0.4, -0.2) is 27.2 Å². The fraction of sp³-hybridized carbons (Fsp3) is 0.375. The average molecular weight is 273 g/mol. The van der Waals surface area contributed by atoms with Crippen LogP contribution in [0.15, 0.2) is 10.9 Å². The number of nitrogens with zero attached hydrogens (tertiary/aromatic N) is 2. The van der Waals surface area contributed by atoms with Gasteiger partial charge in [0.15, 0.2) is 0 Å². The van der Waals surface area contributed by atoms with E-state index in [0.717, 1.165) is 0 Å². The van der Waals surface area contributed by atoms with Crippen LogP contribution < -0.4 is 16.2 Å². The van der Waals surface area contributed by atoms with Crippen molar-refractivity contribution in [2.24, 2.45) is 0 Å². The molecule has 1 saturated heterocycles. The SMILES string of the molecule is Nc1cc(=O)[nH]c(N2CC(Br)CC2=O)n1. The smallest absolute Gasteiger partial charge is 0.254 e. The molecule has 1 aliphatic rings. The summed E-state index contributed by atoms with van der Waals surface area (Å²) in [5.74, 6) is 0.247. The first-order valence-corrected chi connectivity index (χ1v) is 5.29. The van der Waals surface area contributed by atoms with Crippen LogP contribution in [-0.2, 0) is 4.79 Å². The van der Waals surface area contributed by atoms with E-state index in [1.54, 1.807) is 0 Å². The Balaban J connectivity index is 2.37. The summed E-state index contributed by atoms with van der Waals surface area (Å²) in [5.41, 5.74) is 5.07. The van der Waals surface area contributed by atoms with E-state index in [4.69, 9.17) is 5.73 Å². The summed E-state index contributed by atoms with van der Waals surface area (Å²) in [6, 6.07) is 1.18. The van der Waals surface area contributed by atoms with E-state index in [9.17, 15) is 9.59 Å². The van der Waals surface area contributed by atoms with Crippen LogP contribution >= 0.6 is 15.9 Å². The lowest BCUT2D eigenvalue weighted by atomic mass is 10.4. The Labute approximate surface area is 93.6 Å². The molecule has 1 amide bonds. The number of H-pyrrole nitrogens is 1. The van der Waals surface area contributed by atoms with Crippen molar-refractivity contribution < 1.29 is 4.79 Å². The number of rotatable bonds is 1. The molecule has 7 heteroatoms. The zero-order valence-electron chi connectivity index (χ0n) is 7.74. The molecule has 0 radical (unpaired) electrons. The molecule has 1 atom stereocenters. The van der Waals surface area contributed by atoms with Gasteiger partial charge >= 0.3 is 0 Å². The minimum absolute atomic E-state index is 0.0781. The Morgan fingerprint density at radius 1 is 1.60 bits per heavy atom. The van der Waals surface area contributed by atoms with Gasteiger partial charge < -0.3 is 5.73 Å². The predicted molar refractivity (Wildman–Crippen MR) is 59.0 cm³/mol. The van der Waals surface area contributed by atoms with Crippen molar-refractivity contribution in [3.63, 3.8) is 0 Å². The summed E-state index contributed by atoms with van der Waals surface area (Å²) >= 11 is 3.34. The third-order valence-electron chi connectivity index (χ3n) is 2.08. The van der Waals surface area contributed by atoms with Crippen molar-refractivity contribution >= 4 is 33.6 Å². The Morgan fingerprint density at radius 3 is 2.87 bits per heavy atom. The van der Waals surface area contributed by atoms with E-state index >= 15 is 0 Å². The van der Waals surface area contributed by atoms with Gasteiger partial charge in [-0.05, 0) is 0 Å². The van der Waals surface area contributed by atoms with E-state index in [1.807, 2.05) is 0 Å². The van der Waals surface area contributed by atoms with E-state index in [0.29, 0.717) is 13.0 Å². The molecule has 1 aromatic rings. The summed E-state index contributed by atoms with van der Waals surface area (Å²) in [6.07, 6.45) is 0.401. The van der Waals surface area contributed by atoms with E-state index in [1.165, 1.54) is 11.0 Å². The van der Waals surface area contributed by atoms with Crippen LogP contribution in [0.25, 0.3) is 0 Å². The monoisotopic (exact) mass is 272 g/mol. The minimum Gasteiger partial charge on any atom is -0.383 e. The van der Waals surface area contributed by atoms with Crippen molar-refractivity contribution in [2.75, 3.05) is 17.2 Å². The lowest BCUT2D eigenvalue weighted by Gasteiger charge is -2.13. The van der Waals surface area contributed by atoms with Gasteiger partial charge in [0.1, 0.15) is 5.82 Å². The summed E-state index contributed by atoms with van der Waals surface area (Å²) in [4.78, 5) is 30.5. The molecule has 80 valence electrons. The van der Waals surface area contributed by atoms with Gasteiger partial charge in [0, 0.05) is 23.9 Å². The first kappa shape index (κ1) is 10.2. The largest absolute Gasteiger partial charge is 0.383 e. The highest BCUT2D eigenvalue weighted by atomic mass is 79.9. The molecular formula is C8H9BrN4O2. The number of hydrogen-bond donors (Lipinski definition) is 2. The lowest BCUT2D eigenvalue weighted by molar-refractivity contribution is -0.117. The molecule has 15 heavy (non-hydrogen) atoms. The van der Waals surface area contributed by atoms with Gasteiger partial charge in [-0.3, -0.25) is 19.5 Å². The maximum absolute atomic E-state index is 11.5. The van der Waals surface area contributed by atoms with E-state index < -0.39 is 0 Å². The second kappa shape index (κ2) is 3.65. The number of nitrogens with one attached hydrogen (secondary N) is 1. The number of anilines is 2. The fourth-order valence-corrected chi connectivity index (χ4v) is 2.03. The predicted octanol–water partition coefficient (Wildman–Crippen LogP) is -0.148. The maximum atomic E-state index is 11.5. The molecule has 1 aromatic heterocycles. The molecular weight excluding hydrogens is 264 g/mol. The number of carbonyl (C=O) groups is 1. The van der Waals surface area contributed by atoms with Crippen LogP contribution in [0.2, 0.25) is 0 Å². The van der Waals surface area contributed by atoms with Crippen LogP contribution in [0.3, 0.4) is 0 Å². The number of aromatic amines is 1. The highest BCUT2D eigenvalue weighted by Crippen LogP contribution is 2.21. The van der Waals surface area contributed by atoms with Gasteiger partial charge in [-0.1, -0.05) is 15.9 Å². The average Bonchev–Trinajstić information content (AvgIpc) is 2.43. The van der Waals surface area contributed by atoms with E-state index in [-0.39, 0.29) is 28.1 Å². The Hall–Kier alpha value is -1.37. The Bertz CT molecular complexity index is 458. The molecule has 6 nitrogen and oxygen atoms in total. The number of halogens is 1. The third-order valence-corrected chi connectivity index (χ3v) is 2.70. The first-order chi connectivity index (χ1) is 7.06. The quantitative estimate of drug-likeness (QED) is 0.696. The molecule has 0 saturated carbocycles. The summed E-state index contributed by atoms with van der Waals surface area (Å²) in [6.45, 7) is 0.491. The number of amides is 1. The normalized spacial score (nSPS) is 21.0.